The maximum Gasteiger partial charge on any atom is 0.338 e. The summed E-state index contributed by atoms with van der Waals surface area (Å²) in [6.45, 7) is 5.45. The van der Waals surface area contributed by atoms with E-state index in [1.165, 1.54) is 0 Å². The lowest BCUT2D eigenvalue weighted by Crippen LogP contribution is -2.22. The molecule has 0 aliphatic heterocycles. The highest BCUT2D eigenvalue weighted by Crippen LogP contribution is 2.13. The second kappa shape index (κ2) is 7.28. The van der Waals surface area contributed by atoms with E-state index in [9.17, 15) is 13.2 Å². The smallest absolute Gasteiger partial charge is 0.338 e. The summed E-state index contributed by atoms with van der Waals surface area (Å²) in [5.41, 5.74) is 0.439. The van der Waals surface area contributed by atoms with Crippen molar-refractivity contribution in [1.82, 2.24) is 0 Å². The Bertz CT molecular complexity index is 531. The van der Waals surface area contributed by atoms with Crippen LogP contribution < -0.4 is 4.74 Å². The average Bonchev–Trinajstić information content (AvgIpc) is 2.39. The van der Waals surface area contributed by atoms with Crippen molar-refractivity contribution in [2.45, 2.75) is 26.0 Å². The van der Waals surface area contributed by atoms with Crippen LogP contribution in [0.2, 0.25) is 0 Å². The third-order valence-corrected chi connectivity index (χ3v) is 4.89. The van der Waals surface area contributed by atoms with Crippen LogP contribution in [0, 0.1) is 0 Å². The second-order valence-electron chi connectivity index (χ2n) is 4.51. The fourth-order valence-electron chi connectivity index (χ4n) is 1.41. The Kier molecular flexibility index (Phi) is 6.01. The van der Waals surface area contributed by atoms with E-state index in [0.717, 1.165) is 0 Å². The largest absolute Gasteiger partial charge is 0.493 e. The molecule has 0 spiro atoms. The molecule has 20 heavy (non-hydrogen) atoms. The lowest BCUT2D eigenvalue weighted by atomic mass is 10.2. The molecule has 0 unspecified atom stereocenters. The van der Waals surface area contributed by atoms with Gasteiger partial charge in [0.05, 0.1) is 23.2 Å². The van der Waals surface area contributed by atoms with Crippen LogP contribution in [0.1, 0.15) is 31.1 Å². The van der Waals surface area contributed by atoms with Gasteiger partial charge in [-0.25, -0.2) is 13.2 Å². The summed E-state index contributed by atoms with van der Waals surface area (Å²) in [7, 11) is -3.10. The summed E-state index contributed by atoms with van der Waals surface area (Å²) in [5.74, 6) is 0.114. The van der Waals surface area contributed by atoms with E-state index in [0.29, 0.717) is 17.9 Å². The summed E-state index contributed by atoms with van der Waals surface area (Å²) in [6.07, 6.45) is 0. The predicted octanol–water partition coefficient (Wildman–Crippen LogP) is 2.07. The van der Waals surface area contributed by atoms with Crippen LogP contribution in [0.4, 0.5) is 0 Å². The number of sulfone groups is 1. The second-order valence-corrected chi connectivity index (χ2v) is 7.19. The summed E-state index contributed by atoms with van der Waals surface area (Å²) in [4.78, 5) is 11.4. The zero-order valence-corrected chi connectivity index (χ0v) is 12.8. The number of rotatable bonds is 7. The van der Waals surface area contributed by atoms with Crippen molar-refractivity contribution in [2.75, 3.05) is 19.0 Å². The number of benzene rings is 1. The summed E-state index contributed by atoms with van der Waals surface area (Å²) < 4.78 is 33.4. The molecule has 0 aromatic heterocycles. The number of carbonyl (C=O) groups excluding carboxylic acids is 1. The molecular weight excluding hydrogens is 280 g/mol. The van der Waals surface area contributed by atoms with Crippen LogP contribution in [0.5, 0.6) is 5.75 Å². The molecule has 0 radical (unpaired) electrons. The van der Waals surface area contributed by atoms with E-state index < -0.39 is 15.1 Å². The third kappa shape index (κ3) is 4.85. The van der Waals surface area contributed by atoms with Crippen molar-refractivity contribution >= 4 is 15.8 Å². The topological polar surface area (TPSA) is 69.7 Å². The highest BCUT2D eigenvalue weighted by molar-refractivity contribution is 7.91. The van der Waals surface area contributed by atoms with Gasteiger partial charge in [0, 0.05) is 0 Å². The van der Waals surface area contributed by atoms with Crippen molar-refractivity contribution < 1.29 is 22.7 Å². The van der Waals surface area contributed by atoms with Gasteiger partial charge in [0.15, 0.2) is 9.84 Å². The number of carbonyl (C=O) groups is 1. The van der Waals surface area contributed by atoms with Crippen LogP contribution in [-0.4, -0.2) is 38.6 Å². The van der Waals surface area contributed by atoms with E-state index in [2.05, 4.69) is 0 Å². The van der Waals surface area contributed by atoms with Crippen LogP contribution in [0.3, 0.4) is 0 Å². The Morgan fingerprint density at radius 2 is 1.80 bits per heavy atom. The van der Waals surface area contributed by atoms with Crippen molar-refractivity contribution in [3.8, 4) is 5.75 Å². The summed E-state index contributed by atoms with van der Waals surface area (Å²) >= 11 is 0. The quantitative estimate of drug-likeness (QED) is 0.721. The summed E-state index contributed by atoms with van der Waals surface area (Å²) in [6, 6.07) is 6.41. The molecule has 0 atom stereocenters. The molecule has 0 aliphatic carbocycles. The number of ether oxygens (including phenoxy) is 2. The van der Waals surface area contributed by atoms with E-state index >= 15 is 0 Å². The van der Waals surface area contributed by atoms with Gasteiger partial charge in [-0.05, 0) is 45.0 Å². The number of hydrogen-bond acceptors (Lipinski definition) is 5. The Morgan fingerprint density at radius 1 is 1.20 bits per heavy atom. The van der Waals surface area contributed by atoms with Gasteiger partial charge < -0.3 is 9.47 Å². The van der Waals surface area contributed by atoms with Crippen molar-refractivity contribution in [3.63, 3.8) is 0 Å². The normalized spacial score (nSPS) is 11.4. The average molecular weight is 300 g/mol. The van der Waals surface area contributed by atoms with Gasteiger partial charge >= 0.3 is 5.97 Å². The first-order chi connectivity index (χ1) is 9.36. The molecule has 1 aromatic rings. The molecule has 0 fully saturated rings. The molecule has 112 valence electrons. The van der Waals surface area contributed by atoms with Gasteiger partial charge in [-0.15, -0.1) is 0 Å². The molecule has 0 saturated heterocycles. The third-order valence-electron chi connectivity index (χ3n) is 2.72. The van der Waals surface area contributed by atoms with Gasteiger partial charge in [-0.3, -0.25) is 0 Å². The van der Waals surface area contributed by atoms with E-state index in [4.69, 9.17) is 9.47 Å². The highest BCUT2D eigenvalue weighted by atomic mass is 32.2. The lowest BCUT2D eigenvalue weighted by molar-refractivity contribution is 0.0526. The van der Waals surface area contributed by atoms with Gasteiger partial charge in [-0.2, -0.15) is 0 Å². The van der Waals surface area contributed by atoms with E-state index in [1.54, 1.807) is 45.0 Å². The van der Waals surface area contributed by atoms with Gasteiger partial charge in [0.1, 0.15) is 12.4 Å². The van der Waals surface area contributed by atoms with Gasteiger partial charge in [-0.1, -0.05) is 0 Å². The standard InChI is InChI=1S/C14H20O5S/c1-4-18-14(15)12-5-7-13(8-6-12)19-9-10-20(16,17)11(2)3/h5-8,11H,4,9-10H2,1-3H3. The monoisotopic (exact) mass is 300 g/mol. The molecule has 0 amide bonds. The Labute approximate surface area is 119 Å². The molecule has 1 rings (SSSR count). The van der Waals surface area contributed by atoms with Crippen molar-refractivity contribution in [3.05, 3.63) is 29.8 Å². The fourth-order valence-corrected chi connectivity index (χ4v) is 2.20. The number of hydrogen-bond donors (Lipinski definition) is 0. The molecule has 0 heterocycles. The van der Waals surface area contributed by atoms with Gasteiger partial charge in [0.2, 0.25) is 0 Å². The summed E-state index contributed by atoms with van der Waals surface area (Å²) in [5, 5.41) is -0.405. The lowest BCUT2D eigenvalue weighted by Gasteiger charge is -2.09. The Morgan fingerprint density at radius 3 is 2.30 bits per heavy atom. The first kappa shape index (κ1) is 16.5. The maximum atomic E-state index is 11.6. The zero-order chi connectivity index (χ0) is 15.2. The van der Waals surface area contributed by atoms with Crippen molar-refractivity contribution in [2.24, 2.45) is 0 Å². The van der Waals surface area contributed by atoms with Crippen molar-refractivity contribution in [1.29, 1.82) is 0 Å². The minimum absolute atomic E-state index is 0.0235. The molecule has 6 heteroatoms. The minimum atomic E-state index is -3.10. The molecule has 0 aliphatic rings. The van der Waals surface area contributed by atoms with Crippen LogP contribution >= 0.6 is 0 Å². The Balaban J connectivity index is 2.53. The van der Waals surface area contributed by atoms with Crippen LogP contribution in [0.25, 0.3) is 0 Å². The fraction of sp³-hybridized carbons (Fsp3) is 0.500. The molecule has 0 bridgehead atoms. The SMILES string of the molecule is CCOC(=O)c1ccc(OCCS(=O)(=O)C(C)C)cc1. The molecule has 0 saturated carbocycles. The van der Waals surface area contributed by atoms with E-state index in [1.807, 2.05) is 0 Å². The molecular formula is C14H20O5S. The predicted molar refractivity (Wildman–Crippen MR) is 76.8 cm³/mol. The minimum Gasteiger partial charge on any atom is -0.493 e. The Hall–Kier alpha value is -1.56. The first-order valence-electron chi connectivity index (χ1n) is 6.48. The molecule has 0 N–H and O–H groups in total. The maximum absolute atomic E-state index is 11.6. The molecule has 1 aromatic carbocycles. The van der Waals surface area contributed by atoms with Crippen LogP contribution in [0.15, 0.2) is 24.3 Å². The zero-order valence-electron chi connectivity index (χ0n) is 12.0. The van der Waals surface area contributed by atoms with Gasteiger partial charge in [0.25, 0.3) is 0 Å². The highest BCUT2D eigenvalue weighted by Gasteiger charge is 2.15. The molecule has 5 nitrogen and oxygen atoms in total. The number of esters is 1. The van der Waals surface area contributed by atoms with Crippen LogP contribution in [-0.2, 0) is 14.6 Å². The first-order valence-corrected chi connectivity index (χ1v) is 8.20. The van der Waals surface area contributed by atoms with E-state index in [-0.39, 0.29) is 18.3 Å².